The average Bonchev–Trinajstić information content (AvgIpc) is 2.88. The third kappa shape index (κ3) is 2.38. The van der Waals surface area contributed by atoms with Gasteiger partial charge in [0.05, 0.1) is 19.0 Å². The Morgan fingerprint density at radius 1 is 1.10 bits per heavy atom. The number of aromatic nitrogens is 2. The summed E-state index contributed by atoms with van der Waals surface area (Å²) in [5.41, 5.74) is 8.28. The molecule has 0 bridgehead atoms. The Kier molecular flexibility index (Phi) is 3.16. The molecule has 0 aliphatic heterocycles. The number of nitrogens with zero attached hydrogens (tertiary/aromatic N) is 2. The first-order valence-corrected chi connectivity index (χ1v) is 6.24. The summed E-state index contributed by atoms with van der Waals surface area (Å²) in [7, 11) is 1.64. The summed E-state index contributed by atoms with van der Waals surface area (Å²) >= 11 is 0. The summed E-state index contributed by atoms with van der Waals surface area (Å²) in [4.78, 5) is 4.31. The minimum atomic E-state index is 0.428. The van der Waals surface area contributed by atoms with Crippen molar-refractivity contribution in [3.8, 4) is 11.5 Å². The van der Waals surface area contributed by atoms with Crippen molar-refractivity contribution in [3.05, 3.63) is 54.5 Å². The number of benzene rings is 1. The molecule has 0 aliphatic rings. The van der Waals surface area contributed by atoms with Gasteiger partial charge < -0.3 is 15.2 Å². The van der Waals surface area contributed by atoms with Gasteiger partial charge in [0.25, 0.3) is 0 Å². The van der Waals surface area contributed by atoms with E-state index in [2.05, 4.69) is 4.98 Å². The molecule has 0 unspecified atom stereocenters. The molecule has 2 N–H and O–H groups in total. The summed E-state index contributed by atoms with van der Waals surface area (Å²) in [6.45, 7) is 0.428. The van der Waals surface area contributed by atoms with Gasteiger partial charge in [-0.3, -0.25) is 4.40 Å². The molecule has 0 amide bonds. The summed E-state index contributed by atoms with van der Waals surface area (Å²) in [6, 6.07) is 11.2. The van der Waals surface area contributed by atoms with Gasteiger partial charge >= 0.3 is 0 Å². The van der Waals surface area contributed by atoms with E-state index >= 15 is 0 Å². The fourth-order valence-electron chi connectivity index (χ4n) is 1.98. The number of methoxy groups -OCH3 is 1. The van der Waals surface area contributed by atoms with Crippen molar-refractivity contribution in [2.24, 2.45) is 0 Å². The van der Waals surface area contributed by atoms with E-state index in [1.54, 1.807) is 13.3 Å². The van der Waals surface area contributed by atoms with Crippen LogP contribution in [0.3, 0.4) is 0 Å². The normalized spacial score (nSPS) is 10.7. The monoisotopic (exact) mass is 269 g/mol. The Morgan fingerprint density at radius 3 is 2.60 bits per heavy atom. The largest absolute Gasteiger partial charge is 0.497 e. The molecule has 2 heterocycles. The van der Waals surface area contributed by atoms with Crippen molar-refractivity contribution in [1.82, 2.24) is 9.38 Å². The number of fused-ring (bicyclic) bond motifs is 1. The highest BCUT2D eigenvalue weighted by molar-refractivity contribution is 5.48. The van der Waals surface area contributed by atoms with E-state index in [-0.39, 0.29) is 0 Å². The Morgan fingerprint density at radius 2 is 1.85 bits per heavy atom. The van der Waals surface area contributed by atoms with Crippen LogP contribution in [0.15, 0.2) is 48.8 Å². The first-order chi connectivity index (χ1) is 9.76. The van der Waals surface area contributed by atoms with E-state index < -0.39 is 0 Å². The van der Waals surface area contributed by atoms with Crippen LogP contribution in [-0.4, -0.2) is 16.5 Å². The molecule has 0 atom stereocenters. The molecule has 1 aromatic carbocycles. The van der Waals surface area contributed by atoms with Crippen LogP contribution < -0.4 is 15.2 Å². The number of anilines is 1. The zero-order chi connectivity index (χ0) is 13.9. The number of hydrogen-bond donors (Lipinski definition) is 1. The maximum absolute atomic E-state index is 5.79. The minimum Gasteiger partial charge on any atom is -0.497 e. The molecule has 5 heteroatoms. The van der Waals surface area contributed by atoms with Gasteiger partial charge in [0, 0.05) is 11.9 Å². The third-order valence-electron chi connectivity index (χ3n) is 3.05. The number of nitrogens with two attached hydrogens (primary N) is 1. The van der Waals surface area contributed by atoms with Gasteiger partial charge in [-0.25, -0.2) is 4.98 Å². The number of nitrogen functional groups attached to an aromatic ring is 1. The van der Waals surface area contributed by atoms with Crippen molar-refractivity contribution >= 4 is 11.3 Å². The second-order valence-corrected chi connectivity index (χ2v) is 4.40. The van der Waals surface area contributed by atoms with Crippen LogP contribution in [0.2, 0.25) is 0 Å². The lowest BCUT2D eigenvalue weighted by molar-refractivity contribution is 0.299. The molecular formula is C15H15N3O2. The molecule has 0 saturated heterocycles. The molecule has 2 aromatic heterocycles. The van der Waals surface area contributed by atoms with Crippen LogP contribution in [0, 0.1) is 0 Å². The molecule has 20 heavy (non-hydrogen) atoms. The molecule has 0 saturated carbocycles. The zero-order valence-electron chi connectivity index (χ0n) is 11.1. The fourth-order valence-corrected chi connectivity index (χ4v) is 1.98. The van der Waals surface area contributed by atoms with Crippen LogP contribution >= 0.6 is 0 Å². The lowest BCUT2D eigenvalue weighted by Gasteiger charge is -2.07. The first-order valence-electron chi connectivity index (χ1n) is 6.24. The van der Waals surface area contributed by atoms with Crippen LogP contribution in [-0.2, 0) is 6.61 Å². The SMILES string of the molecule is COc1ccc(OCc2cnc3ccc(N)cn23)cc1. The van der Waals surface area contributed by atoms with Gasteiger partial charge in [-0.05, 0) is 36.4 Å². The quantitative estimate of drug-likeness (QED) is 0.790. The second kappa shape index (κ2) is 5.13. The van der Waals surface area contributed by atoms with Crippen LogP contribution in [0.25, 0.3) is 5.65 Å². The topological polar surface area (TPSA) is 61.8 Å². The summed E-state index contributed by atoms with van der Waals surface area (Å²) in [5.74, 6) is 1.59. The molecule has 102 valence electrons. The smallest absolute Gasteiger partial charge is 0.137 e. The van der Waals surface area contributed by atoms with E-state index in [1.807, 2.05) is 47.0 Å². The maximum atomic E-state index is 5.79. The molecule has 5 nitrogen and oxygen atoms in total. The Balaban J connectivity index is 1.77. The van der Waals surface area contributed by atoms with Gasteiger partial charge in [-0.2, -0.15) is 0 Å². The van der Waals surface area contributed by atoms with E-state index in [9.17, 15) is 0 Å². The van der Waals surface area contributed by atoms with Crippen molar-refractivity contribution in [2.45, 2.75) is 6.61 Å². The van der Waals surface area contributed by atoms with Gasteiger partial charge in [0.15, 0.2) is 0 Å². The Labute approximate surface area is 116 Å². The molecule has 3 aromatic rings. The lowest BCUT2D eigenvalue weighted by atomic mass is 10.3. The highest BCUT2D eigenvalue weighted by Gasteiger charge is 2.04. The predicted molar refractivity (Wildman–Crippen MR) is 76.9 cm³/mol. The third-order valence-corrected chi connectivity index (χ3v) is 3.05. The zero-order valence-corrected chi connectivity index (χ0v) is 11.1. The maximum Gasteiger partial charge on any atom is 0.137 e. The number of pyridine rings is 1. The number of ether oxygens (including phenoxy) is 2. The molecular weight excluding hydrogens is 254 g/mol. The highest BCUT2D eigenvalue weighted by Crippen LogP contribution is 2.18. The van der Waals surface area contributed by atoms with Gasteiger partial charge in [0.1, 0.15) is 23.8 Å². The van der Waals surface area contributed by atoms with Crippen LogP contribution in [0.1, 0.15) is 5.69 Å². The molecule has 0 aliphatic carbocycles. The first kappa shape index (κ1) is 12.3. The lowest BCUT2D eigenvalue weighted by Crippen LogP contribution is -2.00. The average molecular weight is 269 g/mol. The fraction of sp³-hybridized carbons (Fsp3) is 0.133. The number of imidazole rings is 1. The van der Waals surface area contributed by atoms with E-state index in [0.717, 1.165) is 22.8 Å². The van der Waals surface area contributed by atoms with Crippen LogP contribution in [0.5, 0.6) is 11.5 Å². The van der Waals surface area contributed by atoms with Crippen molar-refractivity contribution in [2.75, 3.05) is 12.8 Å². The molecule has 0 spiro atoms. The minimum absolute atomic E-state index is 0.428. The van der Waals surface area contributed by atoms with Gasteiger partial charge in [-0.15, -0.1) is 0 Å². The van der Waals surface area contributed by atoms with E-state index in [1.165, 1.54) is 0 Å². The summed E-state index contributed by atoms with van der Waals surface area (Å²) < 4.78 is 12.8. The van der Waals surface area contributed by atoms with Gasteiger partial charge in [-0.1, -0.05) is 0 Å². The second-order valence-electron chi connectivity index (χ2n) is 4.40. The standard InChI is InChI=1S/C15H15N3O2/c1-19-13-3-5-14(6-4-13)20-10-12-8-17-15-7-2-11(16)9-18(12)15/h2-9H,10,16H2,1H3. The highest BCUT2D eigenvalue weighted by atomic mass is 16.5. The van der Waals surface area contributed by atoms with E-state index in [0.29, 0.717) is 12.3 Å². The van der Waals surface area contributed by atoms with E-state index in [4.69, 9.17) is 15.2 Å². The van der Waals surface area contributed by atoms with Crippen molar-refractivity contribution in [1.29, 1.82) is 0 Å². The van der Waals surface area contributed by atoms with Crippen molar-refractivity contribution in [3.63, 3.8) is 0 Å². The number of hydrogen-bond acceptors (Lipinski definition) is 4. The molecule has 3 rings (SSSR count). The van der Waals surface area contributed by atoms with Crippen molar-refractivity contribution < 1.29 is 9.47 Å². The predicted octanol–water partition coefficient (Wildman–Crippen LogP) is 2.50. The van der Waals surface area contributed by atoms with Gasteiger partial charge in [0.2, 0.25) is 0 Å². The molecule has 0 fully saturated rings. The summed E-state index contributed by atoms with van der Waals surface area (Å²) in [5, 5.41) is 0. The van der Waals surface area contributed by atoms with Crippen LogP contribution in [0.4, 0.5) is 5.69 Å². The Hall–Kier alpha value is -2.69. The number of rotatable bonds is 4. The molecule has 0 radical (unpaired) electrons. The Bertz CT molecular complexity index is 720. The summed E-state index contributed by atoms with van der Waals surface area (Å²) in [6.07, 6.45) is 3.63.